The Bertz CT molecular complexity index is 321. The minimum atomic E-state index is 0.0597. The molecule has 0 aromatic carbocycles. The van der Waals surface area contributed by atoms with E-state index in [9.17, 15) is 5.11 Å². The van der Waals surface area contributed by atoms with Crippen molar-refractivity contribution >= 4 is 16.5 Å². The maximum atomic E-state index is 9.20. The van der Waals surface area contributed by atoms with Crippen LogP contribution in [0, 0.1) is 0 Å². The van der Waals surface area contributed by atoms with E-state index in [1.807, 2.05) is 0 Å². The molecule has 15 heavy (non-hydrogen) atoms. The van der Waals surface area contributed by atoms with E-state index in [1.165, 1.54) is 12.8 Å². The van der Waals surface area contributed by atoms with Crippen LogP contribution in [-0.4, -0.2) is 30.3 Å². The fourth-order valence-corrected chi connectivity index (χ4v) is 2.76. The lowest BCUT2D eigenvalue weighted by atomic mass is 10.4. The number of anilines is 1. The van der Waals surface area contributed by atoms with Crippen molar-refractivity contribution in [2.45, 2.75) is 26.1 Å². The molecule has 1 fully saturated rings. The summed E-state index contributed by atoms with van der Waals surface area (Å²) in [5.74, 6) is 0. The van der Waals surface area contributed by atoms with Crippen LogP contribution in [0.4, 0.5) is 5.13 Å². The molecule has 0 bridgehead atoms. The molecule has 2 rings (SSSR count). The highest BCUT2D eigenvalue weighted by Gasteiger charge is 2.18. The zero-order valence-corrected chi connectivity index (χ0v) is 9.72. The van der Waals surface area contributed by atoms with Crippen LogP contribution >= 0.6 is 11.3 Å². The van der Waals surface area contributed by atoms with Crippen molar-refractivity contribution in [2.75, 3.05) is 25.1 Å². The van der Waals surface area contributed by atoms with E-state index in [0.717, 1.165) is 28.8 Å². The van der Waals surface area contributed by atoms with Gasteiger partial charge in [0.2, 0.25) is 0 Å². The largest absolute Gasteiger partial charge is 0.391 e. The Hall–Kier alpha value is -0.650. The first-order valence-electron chi connectivity index (χ1n) is 5.18. The van der Waals surface area contributed by atoms with Gasteiger partial charge in [-0.15, -0.1) is 0 Å². The molecule has 0 spiro atoms. The lowest BCUT2D eigenvalue weighted by Gasteiger charge is -2.12. The molecule has 1 aliphatic rings. The Balaban J connectivity index is 2.17. The predicted octanol–water partition coefficient (Wildman–Crippen LogP) is 1.38. The Kier molecular flexibility index (Phi) is 3.56. The van der Waals surface area contributed by atoms with Crippen molar-refractivity contribution in [2.24, 2.45) is 0 Å². The SMILES string of the molecule is COCc1nc(N2CCCC2)sc1CO. The smallest absolute Gasteiger partial charge is 0.185 e. The molecule has 1 aromatic rings. The van der Waals surface area contributed by atoms with Gasteiger partial charge >= 0.3 is 0 Å². The van der Waals surface area contributed by atoms with Crippen LogP contribution in [0.15, 0.2) is 0 Å². The van der Waals surface area contributed by atoms with Gasteiger partial charge in [-0.1, -0.05) is 11.3 Å². The topological polar surface area (TPSA) is 45.6 Å². The molecule has 1 aliphatic heterocycles. The van der Waals surface area contributed by atoms with Crippen molar-refractivity contribution in [3.63, 3.8) is 0 Å². The summed E-state index contributed by atoms with van der Waals surface area (Å²) in [6.45, 7) is 2.72. The second-order valence-electron chi connectivity index (χ2n) is 3.65. The van der Waals surface area contributed by atoms with Crippen molar-refractivity contribution in [1.82, 2.24) is 4.98 Å². The number of nitrogens with zero attached hydrogens (tertiary/aromatic N) is 2. The molecule has 5 heteroatoms. The summed E-state index contributed by atoms with van der Waals surface area (Å²) in [5, 5.41) is 10.2. The molecule has 0 amide bonds. The quantitative estimate of drug-likeness (QED) is 0.845. The molecule has 1 N–H and O–H groups in total. The molecule has 0 aliphatic carbocycles. The van der Waals surface area contributed by atoms with Crippen molar-refractivity contribution < 1.29 is 9.84 Å². The third-order valence-corrected chi connectivity index (χ3v) is 3.71. The summed E-state index contributed by atoms with van der Waals surface area (Å²) in [5.41, 5.74) is 0.881. The Morgan fingerprint density at radius 3 is 2.80 bits per heavy atom. The second-order valence-corrected chi connectivity index (χ2v) is 4.71. The average Bonchev–Trinajstić information content (AvgIpc) is 2.84. The predicted molar refractivity (Wildman–Crippen MR) is 60.2 cm³/mol. The van der Waals surface area contributed by atoms with E-state index < -0.39 is 0 Å². The normalized spacial score (nSPS) is 16.3. The number of ether oxygens (including phenoxy) is 1. The van der Waals surface area contributed by atoms with Gasteiger partial charge in [-0.3, -0.25) is 0 Å². The maximum absolute atomic E-state index is 9.20. The van der Waals surface area contributed by atoms with Crippen LogP contribution in [0.25, 0.3) is 0 Å². The lowest BCUT2D eigenvalue weighted by molar-refractivity contribution is 0.179. The van der Waals surface area contributed by atoms with Gasteiger partial charge in [0.15, 0.2) is 5.13 Å². The van der Waals surface area contributed by atoms with Crippen LogP contribution in [0.5, 0.6) is 0 Å². The molecule has 4 nitrogen and oxygen atoms in total. The van der Waals surface area contributed by atoms with Gasteiger partial charge in [0.1, 0.15) is 0 Å². The summed E-state index contributed by atoms with van der Waals surface area (Å²) < 4.78 is 5.06. The van der Waals surface area contributed by atoms with Crippen molar-refractivity contribution in [1.29, 1.82) is 0 Å². The van der Waals surface area contributed by atoms with Gasteiger partial charge in [0.05, 0.1) is 23.8 Å². The van der Waals surface area contributed by atoms with Gasteiger partial charge < -0.3 is 14.7 Å². The molecule has 0 radical (unpaired) electrons. The minimum absolute atomic E-state index is 0.0597. The van der Waals surface area contributed by atoms with Crippen LogP contribution in [0.3, 0.4) is 0 Å². The fourth-order valence-electron chi connectivity index (χ4n) is 1.79. The highest BCUT2D eigenvalue weighted by atomic mass is 32.1. The number of hydrogen-bond donors (Lipinski definition) is 1. The number of aliphatic hydroxyl groups is 1. The number of rotatable bonds is 4. The molecular formula is C10H16N2O2S. The Morgan fingerprint density at radius 2 is 2.20 bits per heavy atom. The van der Waals surface area contributed by atoms with E-state index in [2.05, 4.69) is 9.88 Å². The van der Waals surface area contributed by atoms with E-state index >= 15 is 0 Å². The molecule has 0 saturated carbocycles. The summed E-state index contributed by atoms with van der Waals surface area (Å²) in [6.07, 6.45) is 2.49. The summed E-state index contributed by atoms with van der Waals surface area (Å²) >= 11 is 1.58. The van der Waals surface area contributed by atoms with Crippen LogP contribution in [0.2, 0.25) is 0 Å². The molecule has 1 aromatic heterocycles. The molecule has 1 saturated heterocycles. The zero-order chi connectivity index (χ0) is 10.7. The molecule has 84 valence electrons. The van der Waals surface area contributed by atoms with E-state index in [4.69, 9.17) is 4.74 Å². The number of thiazole rings is 1. The molecule has 0 unspecified atom stereocenters. The standard InChI is InChI=1S/C10H16N2O2S/c1-14-7-8-9(6-13)15-10(11-8)12-4-2-3-5-12/h13H,2-7H2,1H3. The summed E-state index contributed by atoms with van der Waals surface area (Å²) in [7, 11) is 1.65. The average molecular weight is 228 g/mol. The van der Waals surface area contributed by atoms with E-state index in [-0.39, 0.29) is 6.61 Å². The highest BCUT2D eigenvalue weighted by molar-refractivity contribution is 7.15. The van der Waals surface area contributed by atoms with E-state index in [0.29, 0.717) is 6.61 Å². The van der Waals surface area contributed by atoms with Gasteiger partial charge in [-0.25, -0.2) is 4.98 Å². The molecular weight excluding hydrogens is 212 g/mol. The summed E-state index contributed by atoms with van der Waals surface area (Å²) in [4.78, 5) is 7.72. The third-order valence-electron chi connectivity index (χ3n) is 2.57. The first-order chi connectivity index (χ1) is 7.35. The lowest BCUT2D eigenvalue weighted by Crippen LogP contribution is -2.17. The minimum Gasteiger partial charge on any atom is -0.391 e. The summed E-state index contributed by atoms with van der Waals surface area (Å²) in [6, 6.07) is 0. The Morgan fingerprint density at radius 1 is 1.47 bits per heavy atom. The first kappa shape index (κ1) is 10.9. The number of aliphatic hydroxyl groups excluding tert-OH is 1. The van der Waals surface area contributed by atoms with Gasteiger partial charge in [-0.2, -0.15) is 0 Å². The third kappa shape index (κ3) is 2.30. The Labute approximate surface area is 93.5 Å². The number of aromatic nitrogens is 1. The van der Waals surface area contributed by atoms with Gasteiger partial charge in [0.25, 0.3) is 0 Å². The van der Waals surface area contributed by atoms with Crippen LogP contribution in [0.1, 0.15) is 23.4 Å². The first-order valence-corrected chi connectivity index (χ1v) is 6.00. The van der Waals surface area contributed by atoms with Crippen LogP contribution in [-0.2, 0) is 18.0 Å². The highest BCUT2D eigenvalue weighted by Crippen LogP contribution is 2.29. The van der Waals surface area contributed by atoms with E-state index in [1.54, 1.807) is 18.4 Å². The van der Waals surface area contributed by atoms with Crippen LogP contribution < -0.4 is 4.90 Å². The van der Waals surface area contributed by atoms with Gasteiger partial charge in [-0.05, 0) is 12.8 Å². The maximum Gasteiger partial charge on any atom is 0.185 e. The molecule has 2 heterocycles. The fraction of sp³-hybridized carbons (Fsp3) is 0.700. The monoisotopic (exact) mass is 228 g/mol. The number of methoxy groups -OCH3 is 1. The second kappa shape index (κ2) is 4.92. The van der Waals surface area contributed by atoms with Gasteiger partial charge in [0, 0.05) is 20.2 Å². The molecule has 0 atom stereocenters. The van der Waals surface area contributed by atoms with Crippen molar-refractivity contribution in [3.05, 3.63) is 10.6 Å². The number of hydrogen-bond acceptors (Lipinski definition) is 5. The van der Waals surface area contributed by atoms with Crippen molar-refractivity contribution in [3.8, 4) is 0 Å². The zero-order valence-electron chi connectivity index (χ0n) is 8.90.